The summed E-state index contributed by atoms with van der Waals surface area (Å²) in [6, 6.07) is 5.66. The van der Waals surface area contributed by atoms with Crippen LogP contribution in [0.25, 0.3) is 0 Å². The molecule has 138 valence electrons. The Kier molecular flexibility index (Phi) is 5.62. The van der Waals surface area contributed by atoms with E-state index in [-0.39, 0.29) is 18.6 Å². The molecule has 1 atom stereocenters. The number of pyridine rings is 1. The number of nitrogens with one attached hydrogen (secondary N) is 1. The number of piperidine rings is 1. The Morgan fingerprint density at radius 2 is 2.23 bits per heavy atom. The van der Waals surface area contributed by atoms with E-state index < -0.39 is 11.2 Å². The summed E-state index contributed by atoms with van der Waals surface area (Å²) >= 11 is 0. The first-order valence-electron chi connectivity index (χ1n) is 8.62. The summed E-state index contributed by atoms with van der Waals surface area (Å²) in [5.74, 6) is -0.162. The topological polar surface area (TPSA) is 97.3 Å². The van der Waals surface area contributed by atoms with Gasteiger partial charge in [0, 0.05) is 31.0 Å². The van der Waals surface area contributed by atoms with Gasteiger partial charge in [0.05, 0.1) is 18.4 Å². The number of likely N-dealkylation sites (tertiary alicyclic amines) is 1. The van der Waals surface area contributed by atoms with Gasteiger partial charge in [-0.05, 0) is 31.9 Å². The van der Waals surface area contributed by atoms with Crippen molar-refractivity contribution in [3.63, 3.8) is 0 Å². The van der Waals surface area contributed by atoms with Gasteiger partial charge in [-0.3, -0.25) is 24.1 Å². The Balaban J connectivity index is 1.58. The van der Waals surface area contributed by atoms with E-state index in [2.05, 4.69) is 9.97 Å². The second-order valence-electron chi connectivity index (χ2n) is 6.44. The zero-order chi connectivity index (χ0) is 18.5. The molecule has 0 radical (unpaired) electrons. The van der Waals surface area contributed by atoms with Gasteiger partial charge in [0.25, 0.3) is 5.56 Å². The molecule has 1 saturated heterocycles. The van der Waals surface area contributed by atoms with Gasteiger partial charge < -0.3 is 9.64 Å². The lowest BCUT2D eigenvalue weighted by Crippen LogP contribution is -2.45. The van der Waals surface area contributed by atoms with Crippen LogP contribution in [-0.2, 0) is 22.7 Å². The average molecular weight is 358 g/mol. The van der Waals surface area contributed by atoms with Crippen molar-refractivity contribution in [1.29, 1.82) is 0 Å². The number of amides is 1. The van der Waals surface area contributed by atoms with Crippen LogP contribution in [0.4, 0.5) is 0 Å². The van der Waals surface area contributed by atoms with E-state index in [1.54, 1.807) is 18.0 Å². The Morgan fingerprint density at radius 3 is 3.00 bits per heavy atom. The van der Waals surface area contributed by atoms with Gasteiger partial charge in [0.15, 0.2) is 0 Å². The number of rotatable bonds is 5. The first kappa shape index (κ1) is 18.1. The highest BCUT2D eigenvalue weighted by Gasteiger charge is 2.24. The monoisotopic (exact) mass is 358 g/mol. The fourth-order valence-corrected chi connectivity index (χ4v) is 2.97. The molecular formula is C18H22N4O4. The molecule has 1 amide bonds. The fourth-order valence-electron chi connectivity index (χ4n) is 2.97. The molecule has 1 aliphatic rings. The van der Waals surface area contributed by atoms with Crippen LogP contribution in [0, 0.1) is 6.92 Å². The van der Waals surface area contributed by atoms with Crippen LogP contribution in [-0.4, -0.2) is 44.5 Å². The molecule has 26 heavy (non-hydrogen) atoms. The number of aromatic amines is 1. The van der Waals surface area contributed by atoms with Crippen LogP contribution in [0.2, 0.25) is 0 Å². The normalized spacial score (nSPS) is 17.3. The lowest BCUT2D eigenvalue weighted by Gasteiger charge is -2.32. The first-order valence-corrected chi connectivity index (χ1v) is 8.62. The van der Waals surface area contributed by atoms with Crippen molar-refractivity contribution in [3.8, 4) is 0 Å². The second kappa shape index (κ2) is 8.09. The van der Waals surface area contributed by atoms with E-state index in [4.69, 9.17) is 4.74 Å². The Morgan fingerprint density at radius 1 is 1.38 bits per heavy atom. The maximum absolute atomic E-state index is 12.5. The minimum atomic E-state index is -0.575. The molecule has 0 bridgehead atoms. The molecular weight excluding hydrogens is 336 g/mol. The maximum atomic E-state index is 12.5. The van der Waals surface area contributed by atoms with Crippen molar-refractivity contribution in [2.24, 2.45) is 0 Å². The molecule has 0 saturated carbocycles. The molecule has 2 aromatic heterocycles. The minimum Gasteiger partial charge on any atom is -0.370 e. The number of carbonyl (C=O) groups excluding carboxylic acids is 1. The number of ether oxygens (including phenoxy) is 1. The summed E-state index contributed by atoms with van der Waals surface area (Å²) in [5.41, 5.74) is 0.243. The first-order chi connectivity index (χ1) is 12.5. The minimum absolute atomic E-state index is 0.0521. The number of aryl methyl sites for hydroxylation is 1. The van der Waals surface area contributed by atoms with Gasteiger partial charge >= 0.3 is 5.69 Å². The third kappa shape index (κ3) is 4.45. The molecule has 0 spiro atoms. The fraction of sp³-hybridized carbons (Fsp3) is 0.444. The molecule has 1 N–H and O–H groups in total. The molecule has 8 nitrogen and oxygen atoms in total. The van der Waals surface area contributed by atoms with Crippen LogP contribution in [0.3, 0.4) is 0 Å². The average Bonchev–Trinajstić information content (AvgIpc) is 2.65. The van der Waals surface area contributed by atoms with Crippen molar-refractivity contribution < 1.29 is 9.53 Å². The molecule has 0 unspecified atom stereocenters. The van der Waals surface area contributed by atoms with E-state index in [1.807, 2.05) is 18.2 Å². The van der Waals surface area contributed by atoms with Crippen LogP contribution < -0.4 is 11.2 Å². The van der Waals surface area contributed by atoms with E-state index in [9.17, 15) is 14.4 Å². The van der Waals surface area contributed by atoms with Crippen molar-refractivity contribution in [3.05, 3.63) is 62.7 Å². The highest BCUT2D eigenvalue weighted by molar-refractivity contribution is 5.76. The van der Waals surface area contributed by atoms with Gasteiger partial charge in [-0.25, -0.2) is 4.79 Å². The number of hydrogen-bond acceptors (Lipinski definition) is 5. The van der Waals surface area contributed by atoms with Crippen molar-refractivity contribution in [1.82, 2.24) is 19.4 Å². The van der Waals surface area contributed by atoms with Crippen LogP contribution in [0.15, 0.2) is 40.2 Å². The standard InChI is InChI=1S/C18H22N4O4/c1-13-9-22(18(25)20-17(13)24)11-16(23)21-8-4-6-15(10-21)26-12-14-5-2-3-7-19-14/h2-3,5,7,9,15H,4,6,8,10-12H2,1H3,(H,20,24,25)/t15-/m0/s1. The summed E-state index contributed by atoms with van der Waals surface area (Å²) < 4.78 is 7.12. The smallest absolute Gasteiger partial charge is 0.328 e. The quantitative estimate of drug-likeness (QED) is 0.837. The molecule has 1 aliphatic heterocycles. The number of nitrogens with zero attached hydrogens (tertiary/aromatic N) is 3. The van der Waals surface area contributed by atoms with Gasteiger partial charge in [-0.2, -0.15) is 0 Å². The molecule has 0 aromatic carbocycles. The van der Waals surface area contributed by atoms with E-state index in [0.717, 1.165) is 18.5 Å². The van der Waals surface area contributed by atoms with Crippen molar-refractivity contribution in [2.75, 3.05) is 13.1 Å². The lowest BCUT2D eigenvalue weighted by atomic mass is 10.1. The van der Waals surface area contributed by atoms with E-state index in [1.165, 1.54) is 10.8 Å². The summed E-state index contributed by atoms with van der Waals surface area (Å²) in [6.07, 6.45) is 4.81. The van der Waals surface area contributed by atoms with Gasteiger partial charge in [-0.15, -0.1) is 0 Å². The molecule has 3 rings (SSSR count). The van der Waals surface area contributed by atoms with E-state index in [0.29, 0.717) is 25.3 Å². The SMILES string of the molecule is Cc1cn(CC(=O)N2CCC[C@H](OCc3ccccn3)C2)c(=O)[nH]c1=O. The third-order valence-electron chi connectivity index (χ3n) is 4.42. The van der Waals surface area contributed by atoms with Crippen LogP contribution >= 0.6 is 0 Å². The Bertz CT molecular complexity index is 875. The zero-order valence-electron chi connectivity index (χ0n) is 14.7. The predicted octanol–water partition coefficient (Wildman–Crippen LogP) is 0.448. The third-order valence-corrected chi connectivity index (χ3v) is 4.42. The Labute approximate surface area is 150 Å². The molecule has 2 aromatic rings. The summed E-state index contributed by atoms with van der Waals surface area (Å²) in [5, 5.41) is 0. The van der Waals surface area contributed by atoms with Gasteiger partial charge in [0.1, 0.15) is 6.54 Å². The lowest BCUT2D eigenvalue weighted by molar-refractivity contribution is -0.136. The maximum Gasteiger partial charge on any atom is 0.328 e. The number of H-pyrrole nitrogens is 1. The van der Waals surface area contributed by atoms with Gasteiger partial charge in [-0.1, -0.05) is 6.07 Å². The highest BCUT2D eigenvalue weighted by atomic mass is 16.5. The van der Waals surface area contributed by atoms with Crippen LogP contribution in [0.1, 0.15) is 24.1 Å². The molecule has 0 aliphatic carbocycles. The highest BCUT2D eigenvalue weighted by Crippen LogP contribution is 2.15. The summed E-state index contributed by atoms with van der Waals surface area (Å²) in [6.45, 7) is 3.04. The largest absolute Gasteiger partial charge is 0.370 e. The van der Waals surface area contributed by atoms with E-state index >= 15 is 0 Å². The number of hydrogen-bond donors (Lipinski definition) is 1. The van der Waals surface area contributed by atoms with Crippen LogP contribution in [0.5, 0.6) is 0 Å². The number of carbonyl (C=O) groups is 1. The summed E-state index contributed by atoms with van der Waals surface area (Å²) in [7, 11) is 0. The second-order valence-corrected chi connectivity index (χ2v) is 6.44. The summed E-state index contributed by atoms with van der Waals surface area (Å²) in [4.78, 5) is 44.0. The van der Waals surface area contributed by atoms with Crippen molar-refractivity contribution in [2.45, 2.75) is 39.0 Å². The van der Waals surface area contributed by atoms with Gasteiger partial charge in [0.2, 0.25) is 5.91 Å². The number of aromatic nitrogens is 3. The van der Waals surface area contributed by atoms with Crippen molar-refractivity contribution >= 4 is 5.91 Å². The molecule has 1 fully saturated rings. The molecule has 3 heterocycles. The zero-order valence-corrected chi connectivity index (χ0v) is 14.7. The Hall–Kier alpha value is -2.74. The predicted molar refractivity (Wildman–Crippen MR) is 94.7 cm³/mol. The molecule has 8 heteroatoms.